The number of carbonyl (C=O) groups is 2. The standard InChI is InChI=1S/C17H11Cl3N2O2/c1-9(23)12(8-21)17(24)22-15-6-5-10(7-14(15)19)11-3-2-4-13(18)16(11)20/h2-7,12H,1H3,(H,22,24). The lowest BCUT2D eigenvalue weighted by molar-refractivity contribution is -0.127. The third-order valence-electron chi connectivity index (χ3n) is 3.29. The number of ketones is 1. The van der Waals surface area contributed by atoms with Crippen LogP contribution in [0.3, 0.4) is 0 Å². The summed E-state index contributed by atoms with van der Waals surface area (Å²) in [4.78, 5) is 23.2. The third kappa shape index (κ3) is 3.88. The Morgan fingerprint density at radius 3 is 2.42 bits per heavy atom. The van der Waals surface area contributed by atoms with Crippen LogP contribution in [0.5, 0.6) is 0 Å². The molecule has 0 aliphatic rings. The molecule has 0 aromatic heterocycles. The van der Waals surface area contributed by atoms with Gasteiger partial charge in [-0.25, -0.2) is 0 Å². The fourth-order valence-electron chi connectivity index (χ4n) is 2.05. The molecule has 122 valence electrons. The second kappa shape index (κ2) is 7.67. The first-order valence-electron chi connectivity index (χ1n) is 6.80. The van der Waals surface area contributed by atoms with Crippen LogP contribution in [-0.4, -0.2) is 11.7 Å². The van der Waals surface area contributed by atoms with E-state index in [0.29, 0.717) is 26.9 Å². The van der Waals surface area contributed by atoms with Crippen molar-refractivity contribution in [2.75, 3.05) is 5.32 Å². The zero-order valence-electron chi connectivity index (χ0n) is 12.4. The van der Waals surface area contributed by atoms with Crippen LogP contribution in [0.15, 0.2) is 36.4 Å². The Labute approximate surface area is 153 Å². The molecule has 1 amide bonds. The molecule has 24 heavy (non-hydrogen) atoms. The minimum absolute atomic E-state index is 0.247. The highest BCUT2D eigenvalue weighted by Crippen LogP contribution is 2.36. The molecule has 0 fully saturated rings. The van der Waals surface area contributed by atoms with Crippen LogP contribution in [0.4, 0.5) is 5.69 Å². The van der Waals surface area contributed by atoms with E-state index in [9.17, 15) is 9.59 Å². The third-order valence-corrected chi connectivity index (χ3v) is 4.42. The summed E-state index contributed by atoms with van der Waals surface area (Å²) in [6.07, 6.45) is 0. The van der Waals surface area contributed by atoms with Crippen molar-refractivity contribution in [1.82, 2.24) is 0 Å². The highest BCUT2D eigenvalue weighted by Gasteiger charge is 2.23. The van der Waals surface area contributed by atoms with Gasteiger partial charge in [0.1, 0.15) is 0 Å². The summed E-state index contributed by atoms with van der Waals surface area (Å²) in [6.45, 7) is 1.18. The highest BCUT2D eigenvalue weighted by molar-refractivity contribution is 6.43. The number of hydrogen-bond donors (Lipinski definition) is 1. The van der Waals surface area contributed by atoms with Crippen molar-refractivity contribution in [3.8, 4) is 17.2 Å². The quantitative estimate of drug-likeness (QED) is 0.759. The summed E-state index contributed by atoms with van der Waals surface area (Å²) in [5, 5.41) is 12.4. The van der Waals surface area contributed by atoms with E-state index in [1.54, 1.807) is 42.5 Å². The van der Waals surface area contributed by atoms with Crippen molar-refractivity contribution in [2.24, 2.45) is 5.92 Å². The summed E-state index contributed by atoms with van der Waals surface area (Å²) in [7, 11) is 0. The number of rotatable bonds is 4. The first kappa shape index (κ1) is 18.3. The molecule has 0 aliphatic carbocycles. The molecule has 0 spiro atoms. The number of nitriles is 1. The molecule has 7 heteroatoms. The van der Waals surface area contributed by atoms with E-state index < -0.39 is 17.6 Å². The Morgan fingerprint density at radius 2 is 1.83 bits per heavy atom. The van der Waals surface area contributed by atoms with Crippen LogP contribution in [0, 0.1) is 17.2 Å². The lowest BCUT2D eigenvalue weighted by atomic mass is 10.0. The van der Waals surface area contributed by atoms with Gasteiger partial charge in [-0.05, 0) is 30.7 Å². The van der Waals surface area contributed by atoms with E-state index in [1.165, 1.54) is 6.92 Å². The van der Waals surface area contributed by atoms with Crippen molar-refractivity contribution in [2.45, 2.75) is 6.92 Å². The molecule has 0 saturated heterocycles. The monoisotopic (exact) mass is 380 g/mol. The predicted octanol–water partition coefficient (Wildman–Crippen LogP) is 4.98. The molecule has 1 atom stereocenters. The molecule has 2 aromatic carbocycles. The fourth-order valence-corrected chi connectivity index (χ4v) is 2.69. The Bertz CT molecular complexity index is 859. The van der Waals surface area contributed by atoms with E-state index in [-0.39, 0.29) is 5.02 Å². The maximum Gasteiger partial charge on any atom is 0.249 e. The SMILES string of the molecule is CC(=O)C(C#N)C(=O)Nc1ccc(-c2cccc(Cl)c2Cl)cc1Cl. The summed E-state index contributed by atoms with van der Waals surface area (Å²) in [5.74, 6) is -2.63. The molecule has 2 rings (SSSR count). The van der Waals surface area contributed by atoms with Gasteiger partial charge in [0.2, 0.25) is 5.91 Å². The Balaban J connectivity index is 2.31. The number of Topliss-reactive ketones (excluding diaryl/α,β-unsaturated/α-hetero) is 1. The van der Waals surface area contributed by atoms with Crippen molar-refractivity contribution in [3.05, 3.63) is 51.5 Å². The number of benzene rings is 2. The van der Waals surface area contributed by atoms with E-state index in [0.717, 1.165) is 0 Å². The first-order chi connectivity index (χ1) is 11.3. The topological polar surface area (TPSA) is 70.0 Å². The van der Waals surface area contributed by atoms with Crippen LogP contribution in [-0.2, 0) is 9.59 Å². The fraction of sp³-hybridized carbons (Fsp3) is 0.118. The summed E-state index contributed by atoms with van der Waals surface area (Å²) >= 11 is 18.4. The molecule has 0 bridgehead atoms. The van der Waals surface area contributed by atoms with Gasteiger partial charge in [-0.1, -0.05) is 53.0 Å². The molecule has 0 heterocycles. The molecule has 1 N–H and O–H groups in total. The van der Waals surface area contributed by atoms with Gasteiger partial charge in [0.25, 0.3) is 0 Å². The number of amides is 1. The molecular formula is C17H11Cl3N2O2. The van der Waals surface area contributed by atoms with E-state index in [1.807, 2.05) is 0 Å². The van der Waals surface area contributed by atoms with E-state index in [2.05, 4.69) is 5.32 Å². The van der Waals surface area contributed by atoms with Crippen LogP contribution >= 0.6 is 34.8 Å². The minimum Gasteiger partial charge on any atom is -0.323 e. The van der Waals surface area contributed by atoms with Gasteiger partial charge in [-0.3, -0.25) is 9.59 Å². The van der Waals surface area contributed by atoms with Gasteiger partial charge in [-0.2, -0.15) is 5.26 Å². The predicted molar refractivity (Wildman–Crippen MR) is 95.3 cm³/mol. The molecule has 2 aromatic rings. The van der Waals surface area contributed by atoms with Gasteiger partial charge in [0, 0.05) is 5.56 Å². The summed E-state index contributed by atoms with van der Waals surface area (Å²) in [6, 6.07) is 11.8. The normalized spacial score (nSPS) is 11.5. The molecule has 4 nitrogen and oxygen atoms in total. The van der Waals surface area contributed by atoms with Crippen molar-refractivity contribution < 1.29 is 9.59 Å². The van der Waals surface area contributed by atoms with Gasteiger partial charge >= 0.3 is 0 Å². The lowest BCUT2D eigenvalue weighted by Gasteiger charge is -2.12. The lowest BCUT2D eigenvalue weighted by Crippen LogP contribution is -2.27. The summed E-state index contributed by atoms with van der Waals surface area (Å²) in [5.41, 5.74) is 1.71. The maximum absolute atomic E-state index is 11.9. The first-order valence-corrected chi connectivity index (χ1v) is 7.93. The number of carbonyl (C=O) groups excluding carboxylic acids is 2. The smallest absolute Gasteiger partial charge is 0.249 e. The van der Waals surface area contributed by atoms with Crippen LogP contribution in [0.1, 0.15) is 6.92 Å². The molecular weight excluding hydrogens is 371 g/mol. The van der Waals surface area contributed by atoms with Crippen molar-refractivity contribution in [3.63, 3.8) is 0 Å². The van der Waals surface area contributed by atoms with Crippen molar-refractivity contribution in [1.29, 1.82) is 5.26 Å². The van der Waals surface area contributed by atoms with E-state index in [4.69, 9.17) is 40.1 Å². The molecule has 0 aliphatic heterocycles. The Morgan fingerprint density at radius 1 is 1.12 bits per heavy atom. The molecule has 1 unspecified atom stereocenters. The zero-order chi connectivity index (χ0) is 17.9. The van der Waals surface area contributed by atoms with Gasteiger partial charge in [0.05, 0.1) is 26.8 Å². The molecule has 0 saturated carbocycles. The highest BCUT2D eigenvalue weighted by atomic mass is 35.5. The van der Waals surface area contributed by atoms with Crippen LogP contribution < -0.4 is 5.32 Å². The van der Waals surface area contributed by atoms with E-state index >= 15 is 0 Å². The Hall–Kier alpha value is -2.06. The number of anilines is 1. The van der Waals surface area contributed by atoms with Crippen LogP contribution in [0.2, 0.25) is 15.1 Å². The Kier molecular flexibility index (Phi) is 5.84. The average Bonchev–Trinajstić information content (AvgIpc) is 2.52. The van der Waals surface area contributed by atoms with Crippen LogP contribution in [0.25, 0.3) is 11.1 Å². The largest absolute Gasteiger partial charge is 0.323 e. The van der Waals surface area contributed by atoms with Crippen molar-refractivity contribution >= 4 is 52.2 Å². The van der Waals surface area contributed by atoms with Gasteiger partial charge in [-0.15, -0.1) is 0 Å². The minimum atomic E-state index is -1.37. The number of nitrogens with zero attached hydrogens (tertiary/aromatic N) is 1. The zero-order valence-corrected chi connectivity index (χ0v) is 14.7. The number of halogens is 3. The maximum atomic E-state index is 11.9. The number of nitrogens with one attached hydrogen (secondary N) is 1. The molecule has 0 radical (unpaired) electrons. The summed E-state index contributed by atoms with van der Waals surface area (Å²) < 4.78 is 0. The average molecular weight is 382 g/mol. The second-order valence-electron chi connectivity index (χ2n) is 4.96. The second-order valence-corrected chi connectivity index (χ2v) is 6.15. The number of hydrogen-bond acceptors (Lipinski definition) is 3. The van der Waals surface area contributed by atoms with Gasteiger partial charge < -0.3 is 5.32 Å². The van der Waals surface area contributed by atoms with Gasteiger partial charge in [0.15, 0.2) is 11.7 Å².